The summed E-state index contributed by atoms with van der Waals surface area (Å²) in [6.07, 6.45) is -2.44. The number of methoxy groups -OCH3 is 6. The number of hydrogen-bond donors (Lipinski definition) is 0. The molecule has 16 heteroatoms. The zero-order valence-electron chi connectivity index (χ0n) is 37.7. The Hall–Kier alpha value is -8.08. The van der Waals surface area contributed by atoms with Crippen molar-refractivity contribution in [3.63, 3.8) is 0 Å². The molecule has 0 radical (unpaired) electrons. The van der Waals surface area contributed by atoms with Crippen LogP contribution in [0.2, 0.25) is 0 Å². The molecule has 5 aromatic rings. The van der Waals surface area contributed by atoms with E-state index < -0.39 is 59.1 Å². The number of esters is 4. The lowest BCUT2D eigenvalue weighted by atomic mass is 9.85. The molecule has 9 rings (SSSR count). The van der Waals surface area contributed by atoms with Crippen molar-refractivity contribution in [3.8, 4) is 11.5 Å². The average molecular weight is 921 g/mol. The zero-order chi connectivity index (χ0) is 48.1. The van der Waals surface area contributed by atoms with Crippen molar-refractivity contribution in [1.82, 2.24) is 0 Å². The first-order valence-electron chi connectivity index (χ1n) is 21.3. The summed E-state index contributed by atoms with van der Waals surface area (Å²) < 4.78 is 45.0. The number of carbonyl (C=O) groups is 6. The van der Waals surface area contributed by atoms with Gasteiger partial charge in [0.2, 0.25) is 11.2 Å². The number of rotatable bonds is 12. The van der Waals surface area contributed by atoms with E-state index in [9.17, 15) is 19.2 Å². The smallest absolute Gasteiger partial charge is 0.338 e. The zero-order valence-corrected chi connectivity index (χ0v) is 37.7. The van der Waals surface area contributed by atoms with Crippen LogP contribution >= 0.6 is 0 Å². The maximum Gasteiger partial charge on any atom is 0.338 e. The normalized spacial score (nSPS) is 21.3. The predicted octanol–water partition coefficient (Wildman–Crippen LogP) is 6.02. The van der Waals surface area contributed by atoms with E-state index in [2.05, 4.69) is 0 Å². The van der Waals surface area contributed by atoms with Crippen molar-refractivity contribution in [2.45, 2.75) is 36.5 Å². The van der Waals surface area contributed by atoms with Crippen LogP contribution in [0.3, 0.4) is 0 Å². The van der Waals surface area contributed by atoms with Crippen LogP contribution in [-0.4, -0.2) is 78.4 Å². The number of nitrogens with zero attached hydrogens (tertiary/aromatic N) is 2. The molecular formula is C52H44N2O14. The van der Waals surface area contributed by atoms with Crippen molar-refractivity contribution in [3.05, 3.63) is 177 Å². The number of anilines is 2. The van der Waals surface area contributed by atoms with Crippen LogP contribution in [0.1, 0.15) is 45.6 Å². The van der Waals surface area contributed by atoms with Gasteiger partial charge in [-0.2, -0.15) is 0 Å². The number of para-hydroxylation sites is 2. The molecule has 0 unspecified atom stereocenters. The summed E-state index contributed by atoms with van der Waals surface area (Å²) in [6.45, 7) is -0.0777. The fourth-order valence-corrected chi connectivity index (χ4v) is 9.67. The highest BCUT2D eigenvalue weighted by atomic mass is 16.6. The molecule has 0 saturated carbocycles. The van der Waals surface area contributed by atoms with Gasteiger partial charge >= 0.3 is 23.9 Å². The molecule has 2 spiro atoms. The summed E-state index contributed by atoms with van der Waals surface area (Å²) in [5, 5.41) is 0. The van der Waals surface area contributed by atoms with E-state index in [1.165, 1.54) is 38.2 Å². The van der Waals surface area contributed by atoms with Crippen LogP contribution in [-0.2, 0) is 81.5 Å². The van der Waals surface area contributed by atoms with Gasteiger partial charge in [-0.3, -0.25) is 9.59 Å². The SMILES string of the molecule is COC(=O)C1=C(C(=O)OC)[C@@]2(O[C@H]1c1ccc(OC)cc1)C(=O)N(Cc1cccc(CN3C(=O)[C@@]4(O[C@@H](c5ccc(OC)cc5)C(C(=O)OC)=C4C(=O)OC)c4ccccc43)c1)c1ccccc12. The molecular weight excluding hydrogens is 877 g/mol. The maximum absolute atomic E-state index is 15.2. The fourth-order valence-electron chi connectivity index (χ4n) is 9.67. The second-order valence-electron chi connectivity index (χ2n) is 16.1. The number of benzene rings is 5. The third-order valence-corrected chi connectivity index (χ3v) is 12.7. The Morgan fingerprint density at radius 1 is 0.485 bits per heavy atom. The van der Waals surface area contributed by atoms with E-state index in [1.54, 1.807) is 115 Å². The first-order valence-corrected chi connectivity index (χ1v) is 21.3. The molecule has 4 atom stereocenters. The molecule has 16 nitrogen and oxygen atoms in total. The topological polar surface area (TPSA) is 183 Å². The van der Waals surface area contributed by atoms with E-state index in [4.69, 9.17) is 37.9 Å². The number of hydrogen-bond acceptors (Lipinski definition) is 14. The monoisotopic (exact) mass is 920 g/mol. The molecule has 0 fully saturated rings. The molecule has 0 bridgehead atoms. The van der Waals surface area contributed by atoms with Gasteiger partial charge in [0.15, 0.2) is 0 Å². The third-order valence-electron chi connectivity index (χ3n) is 12.7. The summed E-state index contributed by atoms with van der Waals surface area (Å²) >= 11 is 0. The molecule has 2 amide bonds. The number of fused-ring (bicyclic) bond motifs is 4. The highest BCUT2D eigenvalue weighted by molar-refractivity contribution is 6.19. The number of amides is 2. The van der Waals surface area contributed by atoms with E-state index in [-0.39, 0.29) is 35.4 Å². The highest BCUT2D eigenvalue weighted by Crippen LogP contribution is 2.59. The lowest BCUT2D eigenvalue weighted by Crippen LogP contribution is -2.44. The molecule has 4 aliphatic rings. The van der Waals surface area contributed by atoms with Crippen molar-refractivity contribution in [2.75, 3.05) is 52.5 Å². The second-order valence-corrected chi connectivity index (χ2v) is 16.1. The van der Waals surface area contributed by atoms with Gasteiger partial charge in [-0.15, -0.1) is 0 Å². The second kappa shape index (κ2) is 17.6. The highest BCUT2D eigenvalue weighted by Gasteiger charge is 2.66. The van der Waals surface area contributed by atoms with Crippen LogP contribution < -0.4 is 19.3 Å². The Bertz CT molecular complexity index is 2780. The largest absolute Gasteiger partial charge is 0.497 e. The van der Waals surface area contributed by atoms with Crippen LogP contribution in [0.25, 0.3) is 0 Å². The molecule has 4 aliphatic heterocycles. The maximum atomic E-state index is 15.2. The Balaban J connectivity index is 1.08. The van der Waals surface area contributed by atoms with Crippen LogP contribution in [0.5, 0.6) is 11.5 Å². The van der Waals surface area contributed by atoms with Gasteiger partial charge in [0.25, 0.3) is 11.8 Å². The Morgan fingerprint density at radius 2 is 0.853 bits per heavy atom. The Kier molecular flexibility index (Phi) is 11.7. The summed E-state index contributed by atoms with van der Waals surface area (Å²) in [5.74, 6) is -3.90. The summed E-state index contributed by atoms with van der Waals surface area (Å²) in [7, 11) is 7.68. The molecule has 0 aromatic heterocycles. The summed E-state index contributed by atoms with van der Waals surface area (Å²) in [4.78, 5) is 88.6. The fraction of sp³-hybridized carbons (Fsp3) is 0.231. The van der Waals surface area contributed by atoms with E-state index >= 15 is 9.59 Å². The molecule has 0 saturated heterocycles. The number of ether oxygens (including phenoxy) is 8. The van der Waals surface area contributed by atoms with Crippen LogP contribution in [0.15, 0.2) is 144 Å². The summed E-state index contributed by atoms with van der Waals surface area (Å²) in [6, 6.07) is 34.2. The molecule has 346 valence electrons. The average Bonchev–Trinajstić information content (AvgIpc) is 4.07. The van der Waals surface area contributed by atoms with Gasteiger partial charge in [-0.05, 0) is 58.7 Å². The molecule has 4 heterocycles. The molecule has 68 heavy (non-hydrogen) atoms. The Morgan fingerprint density at radius 3 is 1.21 bits per heavy atom. The standard InChI is InChI=1S/C52H44N2O14/c1-61-33-22-18-31(19-23-33)43-39(45(55)63-3)41(47(57)65-5)51(67-43)35-14-7-9-16-37(35)53(49(51)59)27-29-12-11-13-30(26-29)28-54-38-17-10-8-15-36(38)52(50(54)60)42(48(58)66-6)40(46(56)64-4)44(68-52)32-20-24-34(62-2)25-21-32/h7-26,43-44H,27-28H2,1-6H3/t43-,44-,51+,52+/m0/s1. The van der Waals surface area contributed by atoms with E-state index in [0.717, 1.165) is 14.2 Å². The first kappa shape index (κ1) is 45.1. The molecule has 5 aromatic carbocycles. The third kappa shape index (κ3) is 6.82. The number of carbonyl (C=O) groups excluding carboxylic acids is 6. The van der Waals surface area contributed by atoms with E-state index in [1.807, 2.05) is 6.07 Å². The van der Waals surface area contributed by atoms with Crippen molar-refractivity contribution < 1.29 is 66.7 Å². The Labute approximate surface area is 390 Å². The van der Waals surface area contributed by atoms with Gasteiger partial charge in [0.05, 0.1) is 89.4 Å². The van der Waals surface area contributed by atoms with Crippen LogP contribution in [0, 0.1) is 0 Å². The van der Waals surface area contributed by atoms with Gasteiger partial charge in [0, 0.05) is 11.1 Å². The first-order chi connectivity index (χ1) is 32.9. The van der Waals surface area contributed by atoms with E-state index in [0.29, 0.717) is 56.3 Å². The molecule has 0 N–H and O–H groups in total. The van der Waals surface area contributed by atoms with Gasteiger partial charge in [-0.25, -0.2) is 19.2 Å². The molecule has 0 aliphatic carbocycles. The quantitative estimate of drug-likeness (QED) is 0.105. The minimum Gasteiger partial charge on any atom is -0.497 e. The van der Waals surface area contributed by atoms with Crippen molar-refractivity contribution >= 4 is 47.1 Å². The van der Waals surface area contributed by atoms with Crippen LogP contribution in [0.4, 0.5) is 11.4 Å². The predicted molar refractivity (Wildman–Crippen MR) is 241 cm³/mol. The lowest BCUT2D eigenvalue weighted by molar-refractivity contribution is -0.148. The minimum atomic E-state index is -2.12. The van der Waals surface area contributed by atoms with Gasteiger partial charge in [-0.1, -0.05) is 84.9 Å². The van der Waals surface area contributed by atoms with Crippen molar-refractivity contribution in [2.24, 2.45) is 0 Å². The van der Waals surface area contributed by atoms with Crippen molar-refractivity contribution in [1.29, 1.82) is 0 Å². The van der Waals surface area contributed by atoms with Gasteiger partial charge < -0.3 is 47.7 Å². The minimum absolute atomic E-state index is 0.0388. The van der Waals surface area contributed by atoms with Gasteiger partial charge in [0.1, 0.15) is 23.7 Å². The lowest BCUT2D eigenvalue weighted by Gasteiger charge is -2.27. The summed E-state index contributed by atoms with van der Waals surface area (Å²) in [5.41, 5.74) is -1.59.